The van der Waals surface area contributed by atoms with E-state index in [4.69, 9.17) is 5.11 Å². The number of hydrogen-bond acceptors (Lipinski definition) is 5. The van der Waals surface area contributed by atoms with Crippen molar-refractivity contribution in [3.05, 3.63) is 32.2 Å². The van der Waals surface area contributed by atoms with Crippen LogP contribution in [0.1, 0.15) is 5.69 Å². The highest BCUT2D eigenvalue weighted by Gasteiger charge is 2.23. The second-order valence-corrected chi connectivity index (χ2v) is 3.06. The Morgan fingerprint density at radius 1 is 1.62 bits per heavy atom. The van der Waals surface area contributed by atoms with E-state index >= 15 is 0 Å². The maximum atomic E-state index is 11.5. The zero-order valence-electron chi connectivity index (χ0n) is 8.21. The summed E-state index contributed by atoms with van der Waals surface area (Å²) in [6.45, 7) is 0.680. The van der Waals surface area contributed by atoms with Gasteiger partial charge in [-0.05, 0) is 6.92 Å². The minimum absolute atomic E-state index is 0.135. The van der Waals surface area contributed by atoms with Gasteiger partial charge in [-0.3, -0.25) is 24.3 Å². The number of carboxylic acid groups (broad SMARTS) is 1. The van der Waals surface area contributed by atoms with E-state index in [-0.39, 0.29) is 5.69 Å². The predicted molar refractivity (Wildman–Crippen MR) is 51.4 cm³/mol. The smallest absolute Gasteiger partial charge is 0.375 e. The average Bonchev–Trinajstić information content (AvgIpc) is 2.10. The van der Waals surface area contributed by atoms with Gasteiger partial charge in [-0.2, -0.15) is 0 Å². The first-order valence-electron chi connectivity index (χ1n) is 4.14. The van der Waals surface area contributed by atoms with Crippen molar-refractivity contribution >= 4 is 11.7 Å². The highest BCUT2D eigenvalue weighted by molar-refractivity contribution is 5.67. The zero-order chi connectivity index (χ0) is 12.5. The van der Waals surface area contributed by atoms with Gasteiger partial charge in [0.05, 0.1) is 4.92 Å². The van der Waals surface area contributed by atoms with Gasteiger partial charge in [0, 0.05) is 11.8 Å². The molecule has 86 valence electrons. The Bertz CT molecular complexity index is 518. The fourth-order valence-corrected chi connectivity index (χ4v) is 1.25. The molecule has 2 N–H and O–H groups in total. The number of rotatable bonds is 3. The van der Waals surface area contributed by atoms with Gasteiger partial charge in [-0.25, -0.2) is 0 Å². The fourth-order valence-electron chi connectivity index (χ4n) is 1.25. The van der Waals surface area contributed by atoms with E-state index in [1.807, 2.05) is 0 Å². The van der Waals surface area contributed by atoms with Crippen molar-refractivity contribution in [2.24, 2.45) is 0 Å². The molecule has 0 aromatic carbocycles. The third-order valence-corrected chi connectivity index (χ3v) is 1.94. The van der Waals surface area contributed by atoms with Crippen LogP contribution in [-0.2, 0) is 11.3 Å². The molecule has 1 aromatic heterocycles. The molecular formula is C8H8N2O6. The molecule has 0 saturated carbocycles. The summed E-state index contributed by atoms with van der Waals surface area (Å²) >= 11 is 0. The van der Waals surface area contributed by atoms with Crippen LogP contribution in [-0.4, -0.2) is 25.7 Å². The summed E-state index contributed by atoms with van der Waals surface area (Å²) in [5.74, 6) is -2.07. The summed E-state index contributed by atoms with van der Waals surface area (Å²) in [5, 5.41) is 28.2. The molecule has 0 amide bonds. The van der Waals surface area contributed by atoms with Crippen molar-refractivity contribution in [3.8, 4) is 5.75 Å². The van der Waals surface area contributed by atoms with E-state index in [9.17, 15) is 24.8 Å². The number of aliphatic carboxylic acids is 1. The molecule has 0 atom stereocenters. The summed E-state index contributed by atoms with van der Waals surface area (Å²) in [7, 11) is 0. The largest absolute Gasteiger partial charge is 0.502 e. The van der Waals surface area contributed by atoms with Crippen molar-refractivity contribution in [3.63, 3.8) is 0 Å². The molecule has 8 heteroatoms. The van der Waals surface area contributed by atoms with Crippen LogP contribution in [0.5, 0.6) is 5.75 Å². The lowest BCUT2D eigenvalue weighted by Gasteiger charge is -2.07. The SMILES string of the molecule is Cc1cc(O)c([N+](=O)[O-])c(=O)n1CC(=O)O. The Kier molecular flexibility index (Phi) is 2.93. The van der Waals surface area contributed by atoms with E-state index in [0.717, 1.165) is 6.07 Å². The molecule has 16 heavy (non-hydrogen) atoms. The number of carboxylic acids is 1. The lowest BCUT2D eigenvalue weighted by molar-refractivity contribution is -0.387. The van der Waals surface area contributed by atoms with E-state index in [2.05, 4.69) is 0 Å². The summed E-state index contributed by atoms with van der Waals surface area (Å²) < 4.78 is 0.709. The van der Waals surface area contributed by atoms with Crippen molar-refractivity contribution in [1.82, 2.24) is 4.57 Å². The Labute approximate surface area is 88.5 Å². The van der Waals surface area contributed by atoms with Gasteiger partial charge in [0.2, 0.25) is 5.75 Å². The van der Waals surface area contributed by atoms with Crippen LogP contribution in [0.15, 0.2) is 10.9 Å². The molecule has 0 aliphatic heterocycles. The van der Waals surface area contributed by atoms with Crippen LogP contribution in [0.25, 0.3) is 0 Å². The predicted octanol–water partition coefficient (Wildman–Crippen LogP) is -0.145. The number of hydrogen-bond donors (Lipinski definition) is 2. The van der Waals surface area contributed by atoms with Gasteiger partial charge < -0.3 is 10.2 Å². The fraction of sp³-hybridized carbons (Fsp3) is 0.250. The minimum atomic E-state index is -1.30. The van der Waals surface area contributed by atoms with Crippen LogP contribution < -0.4 is 5.56 Å². The van der Waals surface area contributed by atoms with Gasteiger partial charge in [-0.15, -0.1) is 0 Å². The van der Waals surface area contributed by atoms with Crippen molar-refractivity contribution in [1.29, 1.82) is 0 Å². The molecule has 0 bridgehead atoms. The Hall–Kier alpha value is -2.38. The summed E-state index contributed by atoms with van der Waals surface area (Å²) in [6, 6.07) is 0.975. The third-order valence-electron chi connectivity index (χ3n) is 1.94. The maximum absolute atomic E-state index is 11.5. The molecule has 0 radical (unpaired) electrons. The van der Waals surface area contributed by atoms with E-state index < -0.39 is 34.4 Å². The lowest BCUT2D eigenvalue weighted by Crippen LogP contribution is -2.27. The molecule has 0 spiro atoms. The minimum Gasteiger partial charge on any atom is -0.502 e. The molecule has 0 unspecified atom stereocenters. The highest BCUT2D eigenvalue weighted by Crippen LogP contribution is 2.21. The third kappa shape index (κ3) is 2.00. The maximum Gasteiger partial charge on any atom is 0.375 e. The second-order valence-electron chi connectivity index (χ2n) is 3.06. The van der Waals surface area contributed by atoms with E-state index in [0.29, 0.717) is 4.57 Å². The highest BCUT2D eigenvalue weighted by atomic mass is 16.6. The molecule has 1 aromatic rings. The molecule has 8 nitrogen and oxygen atoms in total. The molecule has 0 aliphatic rings. The first-order chi connectivity index (χ1) is 7.34. The van der Waals surface area contributed by atoms with Crippen LogP contribution in [0.2, 0.25) is 0 Å². The molecule has 1 heterocycles. The van der Waals surface area contributed by atoms with Gasteiger partial charge in [0.25, 0.3) is 0 Å². The van der Waals surface area contributed by atoms with Crippen LogP contribution in [0.3, 0.4) is 0 Å². The van der Waals surface area contributed by atoms with Gasteiger partial charge >= 0.3 is 17.2 Å². The summed E-state index contributed by atoms with van der Waals surface area (Å²) in [6.07, 6.45) is 0. The average molecular weight is 228 g/mol. The second kappa shape index (κ2) is 4.01. The topological polar surface area (TPSA) is 123 Å². The number of aromatic hydroxyl groups is 1. The summed E-state index contributed by atoms with van der Waals surface area (Å²) in [4.78, 5) is 31.4. The van der Waals surface area contributed by atoms with Crippen LogP contribution in [0.4, 0.5) is 5.69 Å². The number of pyridine rings is 1. The first kappa shape index (κ1) is 11.7. The standard InChI is InChI=1S/C8H8N2O6/c1-4-2-5(11)7(10(15)16)8(14)9(4)3-6(12)13/h2,11H,3H2,1H3,(H,12,13). The van der Waals surface area contributed by atoms with Crippen LogP contribution in [0, 0.1) is 17.0 Å². The van der Waals surface area contributed by atoms with E-state index in [1.54, 1.807) is 0 Å². The van der Waals surface area contributed by atoms with Gasteiger partial charge in [-0.1, -0.05) is 0 Å². The van der Waals surface area contributed by atoms with Crippen molar-refractivity contribution in [2.45, 2.75) is 13.5 Å². The van der Waals surface area contributed by atoms with Crippen molar-refractivity contribution < 1.29 is 19.9 Å². The van der Waals surface area contributed by atoms with Gasteiger partial charge in [0.15, 0.2) is 0 Å². The number of aryl methyl sites for hydroxylation is 1. The van der Waals surface area contributed by atoms with Gasteiger partial charge in [0.1, 0.15) is 6.54 Å². The lowest BCUT2D eigenvalue weighted by atomic mass is 10.3. The zero-order valence-corrected chi connectivity index (χ0v) is 8.21. The normalized spacial score (nSPS) is 10.1. The quantitative estimate of drug-likeness (QED) is 0.548. The number of nitrogens with zero attached hydrogens (tertiary/aromatic N) is 2. The molecule has 0 saturated heterocycles. The number of nitro groups is 1. The molecule has 0 aliphatic carbocycles. The first-order valence-corrected chi connectivity index (χ1v) is 4.14. The van der Waals surface area contributed by atoms with Crippen LogP contribution >= 0.6 is 0 Å². The number of carbonyl (C=O) groups is 1. The molecule has 0 fully saturated rings. The van der Waals surface area contributed by atoms with Crippen molar-refractivity contribution in [2.75, 3.05) is 0 Å². The summed E-state index contributed by atoms with van der Waals surface area (Å²) in [5.41, 5.74) is -2.02. The Morgan fingerprint density at radius 2 is 2.19 bits per heavy atom. The number of aromatic nitrogens is 1. The molecule has 1 rings (SSSR count). The Morgan fingerprint density at radius 3 is 2.62 bits per heavy atom. The monoisotopic (exact) mass is 228 g/mol. The Balaban J connectivity index is 3.51. The van der Waals surface area contributed by atoms with E-state index in [1.165, 1.54) is 6.92 Å². The molecular weight excluding hydrogens is 220 g/mol.